The van der Waals surface area contributed by atoms with Crippen LogP contribution in [-0.2, 0) is 4.79 Å². The number of nitrogens with zero attached hydrogens (tertiary/aromatic N) is 1. The predicted molar refractivity (Wildman–Crippen MR) is 74.6 cm³/mol. The molecule has 0 fully saturated rings. The molecule has 2 N–H and O–H groups in total. The average molecular weight is 279 g/mol. The zero-order chi connectivity index (χ0) is 14.4. The van der Waals surface area contributed by atoms with Gasteiger partial charge in [0, 0.05) is 12.7 Å². The largest absolute Gasteiger partial charge is 0.390 e. The number of aliphatic hydroxyl groups excluding tert-OH is 2. The lowest BCUT2D eigenvalue weighted by Gasteiger charge is -2.19. The van der Waals surface area contributed by atoms with Crippen molar-refractivity contribution in [3.05, 3.63) is 34.9 Å². The first-order chi connectivity index (χ1) is 8.95. The van der Waals surface area contributed by atoms with Crippen LogP contribution in [0.2, 0.25) is 0 Å². The van der Waals surface area contributed by atoms with Crippen molar-refractivity contribution in [3.8, 4) is 6.07 Å². The monoisotopic (exact) mass is 279 g/mol. The topological polar surface area (TPSA) is 81.3 Å². The molecule has 0 aliphatic carbocycles. The molecule has 0 saturated heterocycles. The van der Waals surface area contributed by atoms with Gasteiger partial charge in [0.15, 0.2) is 5.12 Å². The molecule has 0 amide bonds. The van der Waals surface area contributed by atoms with E-state index in [1.165, 1.54) is 6.92 Å². The smallest absolute Gasteiger partial charge is 0.185 e. The van der Waals surface area contributed by atoms with Crippen molar-refractivity contribution in [2.45, 2.75) is 32.5 Å². The van der Waals surface area contributed by atoms with Gasteiger partial charge in [-0.15, -0.1) is 0 Å². The summed E-state index contributed by atoms with van der Waals surface area (Å²) in [6, 6.07) is 6.97. The lowest BCUT2D eigenvalue weighted by atomic mass is 9.97. The third kappa shape index (κ3) is 4.67. The molecule has 102 valence electrons. The number of nitriles is 1. The van der Waals surface area contributed by atoms with Crippen molar-refractivity contribution in [2.24, 2.45) is 0 Å². The van der Waals surface area contributed by atoms with E-state index in [9.17, 15) is 15.0 Å². The Hall–Kier alpha value is -1.35. The molecule has 0 heterocycles. The standard InChI is InChI=1S/C14H17NO3S/c1-9-7-11(8-15)3-4-12(9)14(18)13(17)5-6-19-10(2)16/h3-4,7,13-14,17-18H,5-6H2,1-2H3. The van der Waals surface area contributed by atoms with Crippen molar-refractivity contribution < 1.29 is 15.0 Å². The van der Waals surface area contributed by atoms with Crippen molar-refractivity contribution in [2.75, 3.05) is 5.75 Å². The molecular weight excluding hydrogens is 262 g/mol. The number of aliphatic hydroxyl groups is 2. The van der Waals surface area contributed by atoms with Gasteiger partial charge in [-0.1, -0.05) is 17.8 Å². The van der Waals surface area contributed by atoms with E-state index in [0.29, 0.717) is 23.3 Å². The normalized spacial score (nSPS) is 13.6. The van der Waals surface area contributed by atoms with E-state index in [-0.39, 0.29) is 5.12 Å². The molecule has 4 nitrogen and oxygen atoms in total. The minimum atomic E-state index is -1.000. The lowest BCUT2D eigenvalue weighted by Crippen LogP contribution is -2.20. The van der Waals surface area contributed by atoms with Crippen molar-refractivity contribution in [3.63, 3.8) is 0 Å². The Morgan fingerprint density at radius 2 is 2.16 bits per heavy atom. The van der Waals surface area contributed by atoms with Gasteiger partial charge < -0.3 is 10.2 Å². The molecule has 1 aromatic rings. The predicted octanol–water partition coefficient (Wildman–Crippen LogP) is 1.93. The van der Waals surface area contributed by atoms with Gasteiger partial charge >= 0.3 is 0 Å². The number of rotatable bonds is 5. The van der Waals surface area contributed by atoms with Gasteiger partial charge in [0.05, 0.1) is 17.7 Å². The molecule has 19 heavy (non-hydrogen) atoms. The van der Waals surface area contributed by atoms with E-state index >= 15 is 0 Å². The lowest BCUT2D eigenvalue weighted by molar-refractivity contribution is -0.109. The van der Waals surface area contributed by atoms with E-state index in [2.05, 4.69) is 0 Å². The van der Waals surface area contributed by atoms with Crippen LogP contribution in [0.15, 0.2) is 18.2 Å². The second-order valence-corrected chi connectivity index (χ2v) is 5.60. The number of carbonyl (C=O) groups excluding carboxylic acids is 1. The molecule has 2 unspecified atom stereocenters. The summed E-state index contributed by atoms with van der Waals surface area (Å²) in [6.45, 7) is 3.26. The molecule has 0 aliphatic rings. The highest BCUT2D eigenvalue weighted by atomic mass is 32.2. The highest BCUT2D eigenvalue weighted by molar-refractivity contribution is 8.13. The van der Waals surface area contributed by atoms with Crippen molar-refractivity contribution in [1.82, 2.24) is 0 Å². The van der Waals surface area contributed by atoms with Gasteiger partial charge in [-0.25, -0.2) is 0 Å². The van der Waals surface area contributed by atoms with Crippen LogP contribution in [0.4, 0.5) is 0 Å². The third-order valence-electron chi connectivity index (χ3n) is 2.80. The maximum Gasteiger partial charge on any atom is 0.185 e. The number of thioether (sulfide) groups is 1. The summed E-state index contributed by atoms with van der Waals surface area (Å²) in [6.07, 6.45) is -1.58. The maximum absolute atomic E-state index is 10.8. The number of hydrogen-bond acceptors (Lipinski definition) is 5. The average Bonchev–Trinajstić information content (AvgIpc) is 2.37. The van der Waals surface area contributed by atoms with E-state index in [0.717, 1.165) is 17.3 Å². The molecule has 1 aromatic carbocycles. The van der Waals surface area contributed by atoms with Gasteiger partial charge in [-0.3, -0.25) is 4.79 Å². The van der Waals surface area contributed by atoms with Crippen molar-refractivity contribution >= 4 is 16.9 Å². The van der Waals surface area contributed by atoms with Gasteiger partial charge in [0.2, 0.25) is 0 Å². The molecule has 5 heteroatoms. The van der Waals surface area contributed by atoms with Gasteiger partial charge in [-0.2, -0.15) is 5.26 Å². The number of hydrogen-bond donors (Lipinski definition) is 2. The third-order valence-corrected chi connectivity index (χ3v) is 3.65. The maximum atomic E-state index is 10.8. The molecule has 0 saturated carbocycles. The highest BCUT2D eigenvalue weighted by Gasteiger charge is 2.20. The SMILES string of the molecule is CC(=O)SCCC(O)C(O)c1ccc(C#N)cc1C. The Kier molecular flexibility index (Phi) is 6.03. The Balaban J connectivity index is 2.69. The van der Waals surface area contributed by atoms with Crippen LogP contribution in [-0.4, -0.2) is 27.2 Å². The summed E-state index contributed by atoms with van der Waals surface area (Å²) in [5, 5.41) is 28.7. The number of carbonyl (C=O) groups is 1. The van der Waals surface area contributed by atoms with Gasteiger partial charge in [0.25, 0.3) is 0 Å². The first-order valence-corrected chi connectivity index (χ1v) is 6.94. The van der Waals surface area contributed by atoms with Crippen LogP contribution in [0, 0.1) is 18.3 Å². The summed E-state index contributed by atoms with van der Waals surface area (Å²) in [5.41, 5.74) is 1.90. The zero-order valence-electron chi connectivity index (χ0n) is 11.0. The molecule has 2 atom stereocenters. The Morgan fingerprint density at radius 3 is 2.68 bits per heavy atom. The number of benzene rings is 1. The quantitative estimate of drug-likeness (QED) is 0.860. The minimum Gasteiger partial charge on any atom is -0.390 e. The molecule has 0 radical (unpaired) electrons. The van der Waals surface area contributed by atoms with Crippen LogP contribution < -0.4 is 0 Å². The highest BCUT2D eigenvalue weighted by Crippen LogP contribution is 2.24. The van der Waals surface area contributed by atoms with Crippen molar-refractivity contribution in [1.29, 1.82) is 5.26 Å². The molecule has 1 rings (SSSR count). The summed E-state index contributed by atoms with van der Waals surface area (Å²) >= 11 is 1.13. The molecule has 0 aliphatic heterocycles. The van der Waals surface area contributed by atoms with E-state index in [1.807, 2.05) is 6.07 Å². The fourth-order valence-electron chi connectivity index (χ4n) is 1.77. The van der Waals surface area contributed by atoms with Crippen LogP contribution >= 0.6 is 11.8 Å². The summed E-state index contributed by atoms with van der Waals surface area (Å²) in [4.78, 5) is 10.8. The summed E-state index contributed by atoms with van der Waals surface area (Å²) in [7, 11) is 0. The fourth-order valence-corrected chi connectivity index (χ4v) is 2.41. The summed E-state index contributed by atoms with van der Waals surface area (Å²) < 4.78 is 0. The van der Waals surface area contributed by atoms with Crippen LogP contribution in [0.25, 0.3) is 0 Å². The molecule has 0 spiro atoms. The second-order valence-electron chi connectivity index (χ2n) is 4.32. The first kappa shape index (κ1) is 15.7. The Morgan fingerprint density at radius 1 is 1.47 bits per heavy atom. The molecule has 0 aromatic heterocycles. The first-order valence-electron chi connectivity index (χ1n) is 5.96. The van der Waals surface area contributed by atoms with Gasteiger partial charge in [0.1, 0.15) is 6.10 Å². The Bertz CT molecular complexity index is 496. The van der Waals surface area contributed by atoms with E-state index in [4.69, 9.17) is 5.26 Å². The van der Waals surface area contributed by atoms with Crippen LogP contribution in [0.3, 0.4) is 0 Å². The molecular formula is C14H17NO3S. The Labute approximate surface area is 117 Å². The van der Waals surface area contributed by atoms with Crippen LogP contribution in [0.1, 0.15) is 36.1 Å². The van der Waals surface area contributed by atoms with E-state index in [1.54, 1.807) is 25.1 Å². The summed E-state index contributed by atoms with van der Waals surface area (Å²) in [5.74, 6) is 0.475. The minimum absolute atomic E-state index is 0.00348. The molecule has 0 bridgehead atoms. The van der Waals surface area contributed by atoms with Crippen LogP contribution in [0.5, 0.6) is 0 Å². The second kappa shape index (κ2) is 7.29. The fraction of sp³-hybridized carbons (Fsp3) is 0.429. The van der Waals surface area contributed by atoms with E-state index < -0.39 is 12.2 Å². The van der Waals surface area contributed by atoms with Gasteiger partial charge in [-0.05, 0) is 36.6 Å². The zero-order valence-corrected chi connectivity index (χ0v) is 11.8. The number of aryl methyl sites for hydroxylation is 1.